The van der Waals surface area contributed by atoms with E-state index in [9.17, 15) is 13.2 Å². The fourth-order valence-corrected chi connectivity index (χ4v) is 1.88. The predicted molar refractivity (Wildman–Crippen MR) is 47.8 cm³/mol. The van der Waals surface area contributed by atoms with Gasteiger partial charge in [-0.25, -0.2) is 0 Å². The lowest BCUT2D eigenvalue weighted by Crippen LogP contribution is -2.14. The third kappa shape index (κ3) is 3.44. The third-order valence-corrected chi connectivity index (χ3v) is 3.39. The van der Waals surface area contributed by atoms with Crippen molar-refractivity contribution in [2.24, 2.45) is 5.92 Å². The Bertz CT molecular complexity index is 281. The van der Waals surface area contributed by atoms with Crippen LogP contribution in [-0.2, 0) is 19.1 Å². The molecule has 0 aromatic carbocycles. The van der Waals surface area contributed by atoms with E-state index in [1.165, 1.54) is 6.92 Å². The molecule has 5 heteroatoms. The summed E-state index contributed by atoms with van der Waals surface area (Å²) in [6, 6.07) is 0. The number of ketones is 1. The molecule has 0 N–H and O–H groups in total. The monoisotopic (exact) mass is 206 g/mol. The minimum absolute atomic E-state index is 0.00628. The summed E-state index contributed by atoms with van der Waals surface area (Å²) in [5.74, 6) is 0.310. The lowest BCUT2D eigenvalue weighted by molar-refractivity contribution is -0.117. The average molecular weight is 206 g/mol. The number of carbonyl (C=O) groups is 1. The van der Waals surface area contributed by atoms with Gasteiger partial charge in [0.15, 0.2) is 0 Å². The molecule has 0 spiro atoms. The van der Waals surface area contributed by atoms with E-state index in [4.69, 9.17) is 4.18 Å². The molecule has 76 valence electrons. The van der Waals surface area contributed by atoms with Crippen molar-refractivity contribution in [1.82, 2.24) is 0 Å². The molecular weight excluding hydrogens is 192 g/mol. The van der Waals surface area contributed by atoms with E-state index in [-0.39, 0.29) is 24.1 Å². The van der Waals surface area contributed by atoms with E-state index in [2.05, 4.69) is 0 Å². The van der Waals surface area contributed by atoms with Gasteiger partial charge in [-0.15, -0.1) is 0 Å². The molecule has 1 fully saturated rings. The first kappa shape index (κ1) is 10.7. The summed E-state index contributed by atoms with van der Waals surface area (Å²) in [6.45, 7) is 1.71. The van der Waals surface area contributed by atoms with Crippen molar-refractivity contribution in [3.63, 3.8) is 0 Å². The molecule has 0 amide bonds. The molecule has 1 aliphatic carbocycles. The van der Waals surface area contributed by atoms with E-state index >= 15 is 0 Å². The largest absolute Gasteiger partial charge is 0.300 e. The van der Waals surface area contributed by atoms with E-state index in [1.807, 2.05) is 0 Å². The highest BCUT2D eigenvalue weighted by Gasteiger charge is 2.23. The smallest absolute Gasteiger partial charge is 0.267 e. The van der Waals surface area contributed by atoms with Crippen molar-refractivity contribution < 1.29 is 17.4 Å². The first-order chi connectivity index (χ1) is 6.03. The van der Waals surface area contributed by atoms with Crippen LogP contribution in [0.25, 0.3) is 0 Å². The maximum absolute atomic E-state index is 10.9. The highest BCUT2D eigenvalue weighted by Crippen LogP contribution is 2.22. The Morgan fingerprint density at radius 2 is 2.23 bits per heavy atom. The molecule has 4 nitrogen and oxygen atoms in total. The van der Waals surface area contributed by atoms with Crippen LogP contribution in [0.1, 0.15) is 26.2 Å². The highest BCUT2D eigenvalue weighted by molar-refractivity contribution is 7.86. The van der Waals surface area contributed by atoms with Crippen molar-refractivity contribution in [3.8, 4) is 0 Å². The molecule has 0 bridgehead atoms. The molecule has 1 atom stereocenters. The minimum atomic E-state index is -3.34. The van der Waals surface area contributed by atoms with Crippen LogP contribution < -0.4 is 0 Å². The Morgan fingerprint density at radius 1 is 1.54 bits per heavy atom. The first-order valence-corrected chi connectivity index (χ1v) is 6.00. The quantitative estimate of drug-likeness (QED) is 0.636. The number of Topliss-reactive ketones (excluding diaryl/α,β-unsaturated/α-hetero) is 1. The van der Waals surface area contributed by atoms with Gasteiger partial charge in [0.25, 0.3) is 10.1 Å². The summed E-state index contributed by atoms with van der Waals surface area (Å²) in [7, 11) is -3.34. The van der Waals surface area contributed by atoms with Gasteiger partial charge in [-0.05, 0) is 19.3 Å². The lowest BCUT2D eigenvalue weighted by Gasteiger charge is -2.07. The Kier molecular flexibility index (Phi) is 3.44. The highest BCUT2D eigenvalue weighted by atomic mass is 32.2. The van der Waals surface area contributed by atoms with Crippen LogP contribution in [0.5, 0.6) is 0 Å². The molecule has 0 aliphatic heterocycles. The molecule has 0 heterocycles. The zero-order valence-electron chi connectivity index (χ0n) is 7.65. The Morgan fingerprint density at radius 3 is 2.69 bits per heavy atom. The molecule has 0 unspecified atom stereocenters. The van der Waals surface area contributed by atoms with Gasteiger partial charge in [-0.2, -0.15) is 8.42 Å². The fourth-order valence-electron chi connectivity index (χ4n) is 1.32. The Labute approximate surface area is 78.4 Å². The second kappa shape index (κ2) is 4.19. The van der Waals surface area contributed by atoms with E-state index in [0.29, 0.717) is 12.8 Å². The van der Waals surface area contributed by atoms with E-state index < -0.39 is 10.1 Å². The summed E-state index contributed by atoms with van der Waals surface area (Å²) in [5.41, 5.74) is 0. The maximum Gasteiger partial charge on any atom is 0.267 e. The summed E-state index contributed by atoms with van der Waals surface area (Å²) in [5, 5.41) is 0. The summed E-state index contributed by atoms with van der Waals surface area (Å²) in [4.78, 5) is 10.8. The number of hydrogen-bond acceptors (Lipinski definition) is 4. The van der Waals surface area contributed by atoms with Crippen LogP contribution in [-0.4, -0.2) is 26.6 Å². The van der Waals surface area contributed by atoms with Gasteiger partial charge >= 0.3 is 0 Å². The summed E-state index contributed by atoms with van der Waals surface area (Å²) >= 11 is 0. The number of hydrogen-bond donors (Lipinski definition) is 0. The average Bonchev–Trinajstić information content (AvgIpc) is 2.48. The molecular formula is C8H14O4S. The second-order valence-corrected chi connectivity index (χ2v) is 5.21. The first-order valence-electron chi connectivity index (χ1n) is 4.42. The van der Waals surface area contributed by atoms with Crippen molar-refractivity contribution in [2.45, 2.75) is 26.2 Å². The number of rotatable bonds is 4. The normalized spacial score (nSPS) is 23.8. The molecule has 0 saturated heterocycles. The molecule has 0 aromatic heterocycles. The van der Waals surface area contributed by atoms with Crippen LogP contribution in [0.4, 0.5) is 0 Å². The van der Waals surface area contributed by atoms with Crippen LogP contribution in [0.3, 0.4) is 0 Å². The Hall–Kier alpha value is -0.420. The molecule has 1 aliphatic rings. The molecule has 0 radical (unpaired) electrons. The van der Waals surface area contributed by atoms with Crippen LogP contribution in [0.2, 0.25) is 0 Å². The number of carbonyl (C=O) groups excluding carboxylic acids is 1. The molecule has 1 rings (SSSR count). The molecule has 0 aromatic rings. The standard InChI is InChI=1S/C8H14O4S/c1-2-13(10,11)12-6-7-3-4-8(9)5-7/h7H,2-6H2,1H3/t7-/m0/s1. The zero-order valence-corrected chi connectivity index (χ0v) is 8.47. The van der Waals surface area contributed by atoms with Crippen LogP contribution in [0.15, 0.2) is 0 Å². The van der Waals surface area contributed by atoms with Gasteiger partial charge < -0.3 is 0 Å². The lowest BCUT2D eigenvalue weighted by atomic mass is 10.1. The van der Waals surface area contributed by atoms with Crippen LogP contribution in [0, 0.1) is 5.92 Å². The summed E-state index contributed by atoms with van der Waals surface area (Å²) in [6.07, 6.45) is 1.80. The molecule has 1 saturated carbocycles. The zero-order chi connectivity index (χ0) is 9.90. The van der Waals surface area contributed by atoms with Gasteiger partial charge in [0.05, 0.1) is 12.4 Å². The van der Waals surface area contributed by atoms with Crippen molar-refractivity contribution in [3.05, 3.63) is 0 Å². The van der Waals surface area contributed by atoms with E-state index in [0.717, 1.165) is 6.42 Å². The fraction of sp³-hybridized carbons (Fsp3) is 0.875. The Balaban J connectivity index is 2.31. The van der Waals surface area contributed by atoms with Gasteiger partial charge in [-0.3, -0.25) is 8.98 Å². The van der Waals surface area contributed by atoms with Crippen molar-refractivity contribution >= 4 is 15.9 Å². The SMILES string of the molecule is CCS(=O)(=O)OC[C@H]1CCC(=O)C1. The van der Waals surface area contributed by atoms with Crippen LogP contribution >= 0.6 is 0 Å². The van der Waals surface area contributed by atoms with Gasteiger partial charge in [0.1, 0.15) is 5.78 Å². The summed E-state index contributed by atoms with van der Waals surface area (Å²) < 4.78 is 26.6. The third-order valence-electron chi connectivity index (χ3n) is 2.18. The van der Waals surface area contributed by atoms with Gasteiger partial charge in [-0.1, -0.05) is 0 Å². The van der Waals surface area contributed by atoms with Crippen molar-refractivity contribution in [1.29, 1.82) is 0 Å². The second-order valence-electron chi connectivity index (χ2n) is 3.28. The van der Waals surface area contributed by atoms with Crippen molar-refractivity contribution in [2.75, 3.05) is 12.4 Å². The topological polar surface area (TPSA) is 60.4 Å². The van der Waals surface area contributed by atoms with E-state index in [1.54, 1.807) is 0 Å². The minimum Gasteiger partial charge on any atom is -0.300 e. The molecule has 13 heavy (non-hydrogen) atoms. The van der Waals surface area contributed by atoms with Gasteiger partial charge in [0.2, 0.25) is 0 Å². The predicted octanol–water partition coefficient (Wildman–Crippen LogP) is 0.722. The maximum atomic E-state index is 10.9. The van der Waals surface area contributed by atoms with Gasteiger partial charge in [0, 0.05) is 12.8 Å².